The van der Waals surface area contributed by atoms with E-state index in [-0.39, 0.29) is 19.1 Å². The van der Waals surface area contributed by atoms with Gasteiger partial charge in [-0.05, 0) is 18.2 Å². The van der Waals surface area contributed by atoms with Gasteiger partial charge >= 0.3 is 0 Å². The molecular weight excluding hydrogens is 234 g/mol. The fraction of sp³-hybridized carbons (Fsp3) is 0.333. The monoisotopic (exact) mass is 249 g/mol. The van der Waals surface area contributed by atoms with Gasteiger partial charge < -0.3 is 20.1 Å². The lowest BCUT2D eigenvalue weighted by atomic mass is 10.2. The number of hydrogen-bond donors (Lipinski definition) is 3. The van der Waals surface area contributed by atoms with Crippen molar-refractivity contribution in [1.29, 1.82) is 0 Å². The quantitative estimate of drug-likeness (QED) is 0.643. The van der Waals surface area contributed by atoms with Crippen LogP contribution in [0.2, 0.25) is 0 Å². The number of aliphatic hydroxyl groups is 1. The minimum atomic E-state index is -0.154. The number of imidazole rings is 1. The first-order valence-electron chi connectivity index (χ1n) is 5.71. The molecular formula is C12H15N3O3. The summed E-state index contributed by atoms with van der Waals surface area (Å²) in [7, 11) is 0. The molecule has 0 radical (unpaired) electrons. The minimum Gasteiger partial charge on any atom is -0.394 e. The number of ether oxygens (including phenoxy) is 1. The van der Waals surface area contributed by atoms with Crippen LogP contribution >= 0.6 is 0 Å². The van der Waals surface area contributed by atoms with Crippen molar-refractivity contribution >= 4 is 16.9 Å². The van der Waals surface area contributed by atoms with E-state index in [9.17, 15) is 4.79 Å². The number of carbonyl (C=O) groups excluding carboxylic acids is 1. The molecule has 1 aromatic carbocycles. The van der Waals surface area contributed by atoms with E-state index in [2.05, 4.69) is 15.3 Å². The molecule has 1 heterocycles. The summed E-state index contributed by atoms with van der Waals surface area (Å²) in [5.74, 6) is -0.154. The molecule has 6 heteroatoms. The molecule has 0 aliphatic rings. The van der Waals surface area contributed by atoms with Crippen LogP contribution in [-0.4, -0.2) is 47.3 Å². The number of rotatable bonds is 6. The van der Waals surface area contributed by atoms with Gasteiger partial charge in [-0.1, -0.05) is 0 Å². The molecule has 0 fully saturated rings. The van der Waals surface area contributed by atoms with Gasteiger partial charge in [-0.25, -0.2) is 4.98 Å². The molecule has 1 aromatic heterocycles. The first-order chi connectivity index (χ1) is 8.81. The molecule has 6 nitrogen and oxygen atoms in total. The lowest BCUT2D eigenvalue weighted by Crippen LogP contribution is -2.27. The maximum Gasteiger partial charge on any atom is 0.251 e. The molecule has 0 spiro atoms. The lowest BCUT2D eigenvalue weighted by Gasteiger charge is -2.05. The van der Waals surface area contributed by atoms with E-state index in [1.165, 1.54) is 0 Å². The van der Waals surface area contributed by atoms with Gasteiger partial charge in [-0.3, -0.25) is 4.79 Å². The zero-order chi connectivity index (χ0) is 12.8. The van der Waals surface area contributed by atoms with Gasteiger partial charge in [0.05, 0.1) is 37.2 Å². The Morgan fingerprint density at radius 1 is 1.44 bits per heavy atom. The van der Waals surface area contributed by atoms with E-state index in [4.69, 9.17) is 9.84 Å². The van der Waals surface area contributed by atoms with E-state index < -0.39 is 0 Å². The van der Waals surface area contributed by atoms with Crippen LogP contribution in [0.3, 0.4) is 0 Å². The third kappa shape index (κ3) is 3.06. The van der Waals surface area contributed by atoms with Gasteiger partial charge in [-0.2, -0.15) is 0 Å². The molecule has 0 unspecified atom stereocenters. The number of aliphatic hydroxyl groups excluding tert-OH is 1. The molecule has 96 valence electrons. The molecule has 2 rings (SSSR count). The van der Waals surface area contributed by atoms with Crippen molar-refractivity contribution in [3.8, 4) is 0 Å². The lowest BCUT2D eigenvalue weighted by molar-refractivity contribution is 0.0838. The fourth-order valence-corrected chi connectivity index (χ4v) is 1.58. The summed E-state index contributed by atoms with van der Waals surface area (Å²) < 4.78 is 5.05. The van der Waals surface area contributed by atoms with Crippen LogP contribution in [0.25, 0.3) is 11.0 Å². The van der Waals surface area contributed by atoms with Crippen LogP contribution in [0, 0.1) is 0 Å². The molecule has 3 N–H and O–H groups in total. The van der Waals surface area contributed by atoms with Crippen LogP contribution in [0.15, 0.2) is 24.5 Å². The fourth-order valence-electron chi connectivity index (χ4n) is 1.58. The summed E-state index contributed by atoms with van der Waals surface area (Å²) in [6.45, 7) is 1.08. The van der Waals surface area contributed by atoms with E-state index in [0.717, 1.165) is 11.0 Å². The standard InChI is InChI=1S/C12H15N3O3/c16-4-6-18-5-3-13-12(17)9-1-2-10-11(7-9)15-8-14-10/h1-2,7-8,16H,3-6H2,(H,13,17)(H,14,15). The number of H-pyrrole nitrogens is 1. The van der Waals surface area contributed by atoms with Crippen molar-refractivity contribution in [2.24, 2.45) is 0 Å². The zero-order valence-electron chi connectivity index (χ0n) is 9.85. The highest BCUT2D eigenvalue weighted by atomic mass is 16.5. The van der Waals surface area contributed by atoms with Crippen molar-refractivity contribution in [3.05, 3.63) is 30.1 Å². The maximum absolute atomic E-state index is 11.8. The van der Waals surface area contributed by atoms with Gasteiger partial charge in [0.25, 0.3) is 5.91 Å². The minimum absolute atomic E-state index is 0.00949. The van der Waals surface area contributed by atoms with Crippen molar-refractivity contribution in [2.75, 3.05) is 26.4 Å². The number of aromatic amines is 1. The van der Waals surface area contributed by atoms with E-state index in [1.807, 2.05) is 0 Å². The summed E-state index contributed by atoms with van der Waals surface area (Å²) >= 11 is 0. The van der Waals surface area contributed by atoms with Crippen molar-refractivity contribution in [2.45, 2.75) is 0 Å². The summed E-state index contributed by atoms with van der Waals surface area (Å²) in [6.07, 6.45) is 1.59. The Bertz CT molecular complexity index is 524. The molecule has 1 amide bonds. The second-order valence-electron chi connectivity index (χ2n) is 3.73. The largest absolute Gasteiger partial charge is 0.394 e. The number of hydrogen-bond acceptors (Lipinski definition) is 4. The van der Waals surface area contributed by atoms with Crippen molar-refractivity contribution < 1.29 is 14.6 Å². The highest BCUT2D eigenvalue weighted by molar-refractivity contribution is 5.97. The van der Waals surface area contributed by atoms with Crippen LogP contribution < -0.4 is 5.32 Å². The van der Waals surface area contributed by atoms with Crippen LogP contribution in [0.4, 0.5) is 0 Å². The highest BCUT2D eigenvalue weighted by Gasteiger charge is 2.06. The molecule has 0 bridgehead atoms. The molecule has 0 saturated heterocycles. The van der Waals surface area contributed by atoms with Gasteiger partial charge in [0.15, 0.2) is 0 Å². The van der Waals surface area contributed by atoms with Crippen molar-refractivity contribution in [3.63, 3.8) is 0 Å². The Morgan fingerprint density at radius 3 is 3.17 bits per heavy atom. The van der Waals surface area contributed by atoms with Crippen LogP contribution in [0.1, 0.15) is 10.4 Å². The van der Waals surface area contributed by atoms with Gasteiger partial charge in [0.1, 0.15) is 0 Å². The second-order valence-corrected chi connectivity index (χ2v) is 3.73. The molecule has 0 aliphatic carbocycles. The Kier molecular flexibility index (Phi) is 4.27. The molecule has 0 atom stereocenters. The molecule has 2 aromatic rings. The van der Waals surface area contributed by atoms with Crippen LogP contribution in [-0.2, 0) is 4.74 Å². The summed E-state index contributed by atoms with van der Waals surface area (Å²) in [4.78, 5) is 18.8. The predicted molar refractivity (Wildman–Crippen MR) is 66.3 cm³/mol. The molecule has 0 aliphatic heterocycles. The maximum atomic E-state index is 11.8. The Balaban J connectivity index is 1.88. The predicted octanol–water partition coefficient (Wildman–Crippen LogP) is 0.302. The number of benzene rings is 1. The zero-order valence-corrected chi connectivity index (χ0v) is 9.85. The number of carbonyl (C=O) groups is 1. The summed E-state index contributed by atoms with van der Waals surface area (Å²) in [5, 5.41) is 11.2. The first kappa shape index (κ1) is 12.5. The average Bonchev–Trinajstić information content (AvgIpc) is 2.85. The van der Waals surface area contributed by atoms with E-state index in [0.29, 0.717) is 18.7 Å². The third-order valence-corrected chi connectivity index (χ3v) is 2.45. The van der Waals surface area contributed by atoms with Gasteiger partial charge in [-0.15, -0.1) is 0 Å². The van der Waals surface area contributed by atoms with Crippen LogP contribution in [0.5, 0.6) is 0 Å². The second kappa shape index (κ2) is 6.13. The van der Waals surface area contributed by atoms with E-state index in [1.54, 1.807) is 24.5 Å². The van der Waals surface area contributed by atoms with Gasteiger partial charge in [0.2, 0.25) is 0 Å². The van der Waals surface area contributed by atoms with Gasteiger partial charge in [0, 0.05) is 12.1 Å². The first-order valence-corrected chi connectivity index (χ1v) is 5.71. The number of nitrogens with zero attached hydrogens (tertiary/aromatic N) is 1. The van der Waals surface area contributed by atoms with Crippen molar-refractivity contribution in [1.82, 2.24) is 15.3 Å². The summed E-state index contributed by atoms with van der Waals surface area (Å²) in [5.41, 5.74) is 2.24. The topological polar surface area (TPSA) is 87.2 Å². The number of fused-ring (bicyclic) bond motifs is 1. The summed E-state index contributed by atoms with van der Waals surface area (Å²) in [6, 6.07) is 5.28. The smallest absolute Gasteiger partial charge is 0.251 e. The number of amides is 1. The van der Waals surface area contributed by atoms with E-state index >= 15 is 0 Å². The third-order valence-electron chi connectivity index (χ3n) is 2.45. The Hall–Kier alpha value is -1.92. The number of nitrogens with one attached hydrogen (secondary N) is 2. The normalized spacial score (nSPS) is 10.7. The average molecular weight is 249 g/mol. The SMILES string of the molecule is O=C(NCCOCCO)c1ccc2nc[nH]c2c1. The number of aromatic nitrogens is 2. The highest BCUT2D eigenvalue weighted by Crippen LogP contribution is 2.11. The Labute approximate surface area is 104 Å². The molecule has 0 saturated carbocycles. The molecule has 18 heavy (non-hydrogen) atoms. The Morgan fingerprint density at radius 2 is 2.33 bits per heavy atom.